The highest BCUT2D eigenvalue weighted by molar-refractivity contribution is 6.09. The lowest BCUT2D eigenvalue weighted by molar-refractivity contribution is 0.0110. The number of anilines is 7. The number of halogens is 1. The Morgan fingerprint density at radius 2 is 1.16 bits per heavy atom. The van der Waals surface area contributed by atoms with Crippen LogP contribution < -0.4 is 36.8 Å². The van der Waals surface area contributed by atoms with Gasteiger partial charge in [0.2, 0.25) is 0 Å². The molecule has 101 heavy (non-hydrogen) atoms. The lowest BCUT2D eigenvalue weighted by Gasteiger charge is -2.39. The van der Waals surface area contributed by atoms with Crippen LogP contribution >= 0.6 is 0 Å². The van der Waals surface area contributed by atoms with E-state index in [1.165, 1.54) is 17.7 Å². The molecule has 510 valence electrons. The third-order valence-corrected chi connectivity index (χ3v) is 20.3. The highest BCUT2D eigenvalue weighted by Gasteiger charge is 2.34. The van der Waals surface area contributed by atoms with Crippen LogP contribution in [0.2, 0.25) is 0 Å². The van der Waals surface area contributed by atoms with Gasteiger partial charge in [0.15, 0.2) is 0 Å². The molecule has 6 aliphatic heterocycles. The van der Waals surface area contributed by atoms with Crippen molar-refractivity contribution in [1.29, 1.82) is 0 Å². The quantitative estimate of drug-likeness (QED) is 0.0565. The summed E-state index contributed by atoms with van der Waals surface area (Å²) in [6.07, 6.45) is 22.3. The number of aromatic nitrogens is 10. The Morgan fingerprint density at radius 3 is 1.76 bits per heavy atom. The number of imidazole rings is 1. The van der Waals surface area contributed by atoms with Crippen LogP contribution in [0, 0.1) is 11.7 Å². The van der Waals surface area contributed by atoms with Gasteiger partial charge in [0.05, 0.1) is 100 Å². The van der Waals surface area contributed by atoms with Gasteiger partial charge in [-0.05, 0) is 117 Å². The molecular formula is C77H74FN17O6. The van der Waals surface area contributed by atoms with Crippen molar-refractivity contribution in [1.82, 2.24) is 64.4 Å². The van der Waals surface area contributed by atoms with Crippen molar-refractivity contribution in [3.8, 4) is 33.8 Å². The second-order valence-electron chi connectivity index (χ2n) is 27.0. The fraction of sp³-hybridized carbons (Fsp3) is 0.273. The topological polar surface area (TPSA) is 270 Å². The third-order valence-electron chi connectivity index (χ3n) is 20.3. The molecule has 24 heteroatoms. The first-order valence-corrected chi connectivity index (χ1v) is 34.1. The summed E-state index contributed by atoms with van der Waals surface area (Å²) in [7, 11) is 3.99. The fourth-order valence-corrected chi connectivity index (χ4v) is 14.7. The van der Waals surface area contributed by atoms with E-state index in [9.17, 15) is 23.9 Å². The third kappa shape index (κ3) is 12.5. The van der Waals surface area contributed by atoms with Crippen LogP contribution in [0.5, 0.6) is 0 Å². The lowest BCUT2D eigenvalue weighted by Crippen LogP contribution is -2.44. The number of benzene rings is 2. The van der Waals surface area contributed by atoms with E-state index in [1.54, 1.807) is 31.0 Å². The van der Waals surface area contributed by atoms with Gasteiger partial charge in [-0.2, -0.15) is 0 Å². The summed E-state index contributed by atoms with van der Waals surface area (Å²) >= 11 is 0. The number of amides is 3. The first-order chi connectivity index (χ1) is 49.1. The molecule has 12 aromatic rings. The Balaban J connectivity index is 0.000000118. The monoisotopic (exact) mass is 1350 g/mol. The van der Waals surface area contributed by atoms with E-state index in [4.69, 9.17) is 19.4 Å². The fourth-order valence-electron chi connectivity index (χ4n) is 14.7. The maximum absolute atomic E-state index is 13.6. The molecule has 0 aliphatic carbocycles. The Kier molecular flexibility index (Phi) is 16.9. The Hall–Kier alpha value is -11.5. The maximum atomic E-state index is 13.6. The van der Waals surface area contributed by atoms with Gasteiger partial charge in [-0.3, -0.25) is 28.8 Å². The zero-order chi connectivity index (χ0) is 69.0. The normalized spacial score (nSPS) is 17.6. The molecule has 6 aliphatic rings. The first kappa shape index (κ1) is 64.2. The average molecular weight is 1350 g/mol. The van der Waals surface area contributed by atoms with Gasteiger partial charge < -0.3 is 60.5 Å². The molecule has 0 bridgehead atoms. The zero-order valence-electron chi connectivity index (χ0n) is 56.2. The molecule has 18 rings (SSSR count). The molecule has 0 unspecified atom stereocenters. The molecular weight excluding hydrogens is 1280 g/mol. The molecule has 16 heterocycles. The molecule has 3 atom stereocenters. The Bertz CT molecular complexity index is 5190. The minimum absolute atomic E-state index is 0.107. The Morgan fingerprint density at radius 1 is 0.564 bits per heavy atom. The molecule has 3 saturated heterocycles. The van der Waals surface area contributed by atoms with E-state index in [1.807, 2.05) is 122 Å². The number of aliphatic hydroxyl groups is 1. The number of carbonyl (C=O) groups is 3. The number of rotatable bonds is 13. The molecule has 3 fully saturated rings. The standard InChI is InChI=1S/C29H32N6O2.C24H20FN5O2.C24H22N6O2/c1-29(2,37)18-6-5-12-35(17-18)19-9-10-25(30-14-19)33-23-16-31-27(22-15-32-28(36)26(22)23)21-7-4-8-24-20(21)11-13-34(24)3;25-16-5-7-30-20(12-27-22(30)9-16)17-2-3-19(23-18(17)11-28-24(23)31)29-21-4-1-14(10-26-21)15-6-8-32-13-15;1-30-8-5-17-16(4-7-25-23(17)30)22-18-11-28-24(31)21(18)19(12-27-22)29-20-3-2-14(10-26-20)15-6-9-32-13-15/h4,7-11,13-14,16,18,37H,5-6,12,15,17H2,1-3H3,(H,30,33)(H,32,36);1-5,7,9-10,12,15H,6,8,11,13H2,(H,26,29)(H,28,31);2-5,7-8,10,12,15H,6,9,11,13H2,1H3,(H,26,29)(H,28,31)/t18-;2*15-/m000/s1. The maximum Gasteiger partial charge on any atom is 0.254 e. The van der Waals surface area contributed by atoms with Crippen molar-refractivity contribution in [3.63, 3.8) is 0 Å². The summed E-state index contributed by atoms with van der Waals surface area (Å²) in [6, 6.07) is 30.8. The van der Waals surface area contributed by atoms with Crippen molar-refractivity contribution in [2.45, 2.75) is 76.6 Å². The number of pyridine rings is 7. The van der Waals surface area contributed by atoms with Crippen molar-refractivity contribution in [3.05, 3.63) is 209 Å². The molecule has 0 saturated carbocycles. The van der Waals surface area contributed by atoms with Gasteiger partial charge in [0, 0.05) is 165 Å². The molecule has 0 radical (unpaired) electrons. The van der Waals surface area contributed by atoms with Gasteiger partial charge in [-0.25, -0.2) is 29.3 Å². The van der Waals surface area contributed by atoms with Crippen molar-refractivity contribution < 1.29 is 33.4 Å². The van der Waals surface area contributed by atoms with Gasteiger partial charge in [-0.1, -0.05) is 30.3 Å². The smallest absolute Gasteiger partial charge is 0.254 e. The summed E-state index contributed by atoms with van der Waals surface area (Å²) in [5, 5.41) is 31.3. The minimum Gasteiger partial charge on any atom is -0.390 e. The molecule has 7 N–H and O–H groups in total. The lowest BCUT2D eigenvalue weighted by atomic mass is 9.84. The summed E-state index contributed by atoms with van der Waals surface area (Å²) in [5.74, 6) is 2.35. The van der Waals surface area contributed by atoms with Crippen LogP contribution in [0.3, 0.4) is 0 Å². The molecule has 0 spiro atoms. The predicted octanol–water partition coefficient (Wildman–Crippen LogP) is 12.2. The van der Waals surface area contributed by atoms with E-state index in [-0.39, 0.29) is 29.5 Å². The number of aryl methyl sites for hydroxylation is 2. The molecule has 3 amide bonds. The second-order valence-corrected chi connectivity index (χ2v) is 27.0. The van der Waals surface area contributed by atoms with E-state index in [0.717, 1.165) is 149 Å². The molecule has 10 aromatic heterocycles. The van der Waals surface area contributed by atoms with Gasteiger partial charge in [0.25, 0.3) is 17.7 Å². The largest absolute Gasteiger partial charge is 0.390 e. The number of nitrogens with one attached hydrogen (secondary N) is 6. The van der Waals surface area contributed by atoms with E-state index in [2.05, 4.69) is 96.6 Å². The minimum atomic E-state index is -0.695. The molecule has 2 aromatic carbocycles. The number of fused-ring (bicyclic) bond motifs is 6. The highest BCUT2D eigenvalue weighted by atomic mass is 19.1. The average Bonchev–Trinajstić information content (AvgIpc) is 1.66. The van der Waals surface area contributed by atoms with E-state index in [0.29, 0.717) is 88.3 Å². The summed E-state index contributed by atoms with van der Waals surface area (Å²) in [6.45, 7) is 9.92. The van der Waals surface area contributed by atoms with Crippen molar-refractivity contribution >= 4 is 85.5 Å². The predicted molar refractivity (Wildman–Crippen MR) is 384 cm³/mol. The summed E-state index contributed by atoms with van der Waals surface area (Å²) < 4.78 is 30.4. The Labute approximate surface area is 580 Å². The number of ether oxygens (including phenoxy) is 2. The summed E-state index contributed by atoms with van der Waals surface area (Å²) in [5.41, 5.74) is 17.0. The van der Waals surface area contributed by atoms with Crippen LogP contribution in [-0.2, 0) is 43.2 Å². The van der Waals surface area contributed by atoms with Gasteiger partial charge in [0.1, 0.15) is 34.6 Å². The number of piperidine rings is 1. The van der Waals surface area contributed by atoms with E-state index < -0.39 is 5.60 Å². The number of hydrogen-bond donors (Lipinski definition) is 7. The van der Waals surface area contributed by atoms with Crippen LogP contribution in [0.4, 0.5) is 44.6 Å². The van der Waals surface area contributed by atoms with Crippen molar-refractivity contribution in [2.75, 3.05) is 60.4 Å². The van der Waals surface area contributed by atoms with Gasteiger partial charge >= 0.3 is 0 Å². The van der Waals surface area contributed by atoms with Crippen LogP contribution in [0.15, 0.2) is 159 Å². The SMILES string of the molecule is Cn1ccc2c(-c3ncc(Nc4ccc(N5CCC[C@H](C(C)(C)O)C5)cn4)c4c3CNC4=O)cccc21.Cn1ccc2c(-c3ncc(Nc4ccc([C@H]5CCOC5)cn4)c4c3CNC4=O)ccnc21.O=C1NCc2c(-c3cnc4cc(F)ccn34)ccc(Nc3ccc([C@H]4CCOC4)cn3)c21. The van der Waals surface area contributed by atoms with Crippen LogP contribution in [-0.4, -0.2) is 116 Å². The number of nitrogens with zero attached hydrogens (tertiary/aromatic N) is 11. The van der Waals surface area contributed by atoms with Crippen molar-refractivity contribution in [2.24, 2.45) is 20.0 Å². The number of hydrogen-bond acceptors (Lipinski definition) is 17. The van der Waals surface area contributed by atoms with Crippen LogP contribution in [0.25, 0.3) is 61.4 Å². The van der Waals surface area contributed by atoms with Crippen LogP contribution in [0.1, 0.15) is 110 Å². The summed E-state index contributed by atoms with van der Waals surface area (Å²) in [4.78, 5) is 72.6. The first-order valence-electron chi connectivity index (χ1n) is 34.1. The van der Waals surface area contributed by atoms with E-state index >= 15 is 0 Å². The zero-order valence-corrected chi connectivity index (χ0v) is 56.2. The second kappa shape index (κ2) is 26.7. The van der Waals surface area contributed by atoms with Gasteiger partial charge in [-0.15, -0.1) is 0 Å². The number of carbonyl (C=O) groups excluding carboxylic acids is 3. The molecule has 23 nitrogen and oxygen atoms in total. The highest BCUT2D eigenvalue weighted by Crippen LogP contribution is 2.41.